The first-order valence-corrected chi connectivity index (χ1v) is 16.4. The zero-order valence-corrected chi connectivity index (χ0v) is 25.1. The van der Waals surface area contributed by atoms with Gasteiger partial charge in [0.2, 0.25) is 0 Å². The van der Waals surface area contributed by atoms with E-state index in [9.17, 15) is 0 Å². The molecule has 0 spiro atoms. The Bertz CT molecular complexity index is 2750. The third-order valence-corrected chi connectivity index (χ3v) is 11.1. The molecule has 7 aromatic carbocycles. The summed E-state index contributed by atoms with van der Waals surface area (Å²) < 4.78 is 11.7. The second-order valence-corrected chi connectivity index (χ2v) is 13.5. The Morgan fingerprint density at radius 3 is 1.77 bits per heavy atom. The van der Waals surface area contributed by atoms with Crippen LogP contribution >= 0.6 is 22.7 Å². The Labute approximate surface area is 260 Å². The molecule has 0 aliphatic heterocycles. The molecule has 206 valence electrons. The molecule has 3 heterocycles. The van der Waals surface area contributed by atoms with Crippen molar-refractivity contribution in [1.29, 1.82) is 0 Å². The van der Waals surface area contributed by atoms with Gasteiger partial charge in [-0.3, -0.25) is 0 Å². The van der Waals surface area contributed by atoms with Gasteiger partial charge in [0.15, 0.2) is 0 Å². The molecule has 0 saturated carbocycles. The summed E-state index contributed by atoms with van der Waals surface area (Å²) in [6.07, 6.45) is 0. The number of furan rings is 1. The van der Waals surface area contributed by atoms with E-state index in [0.717, 1.165) is 33.6 Å². The number of benzene rings is 7. The van der Waals surface area contributed by atoms with E-state index < -0.39 is 0 Å². The van der Waals surface area contributed by atoms with Gasteiger partial charge in [-0.05, 0) is 53.9 Å². The molecule has 2 nitrogen and oxygen atoms in total. The van der Waals surface area contributed by atoms with Crippen molar-refractivity contribution in [2.75, 3.05) is 4.90 Å². The fourth-order valence-electron chi connectivity index (χ4n) is 6.89. The SMILES string of the molecule is c1ccc2c(c1)oc1cc(N(c3ccc4c(c3)sc3ccccc34)c3ccc4sc5ccccc5c4c3)c3ccccc3c12. The van der Waals surface area contributed by atoms with Crippen molar-refractivity contribution in [3.63, 3.8) is 0 Å². The van der Waals surface area contributed by atoms with Crippen LogP contribution in [0, 0.1) is 0 Å². The number of para-hydroxylation sites is 1. The van der Waals surface area contributed by atoms with E-state index in [1.807, 2.05) is 28.7 Å². The summed E-state index contributed by atoms with van der Waals surface area (Å²) in [5.74, 6) is 0. The van der Waals surface area contributed by atoms with Gasteiger partial charge in [-0.15, -0.1) is 22.7 Å². The van der Waals surface area contributed by atoms with Crippen molar-refractivity contribution in [1.82, 2.24) is 0 Å². The third-order valence-electron chi connectivity index (χ3n) is 8.84. The van der Waals surface area contributed by atoms with Crippen LogP contribution in [0.15, 0.2) is 144 Å². The minimum atomic E-state index is 0.898. The molecule has 0 radical (unpaired) electrons. The number of thiophene rings is 2. The van der Waals surface area contributed by atoms with Crippen LogP contribution in [0.3, 0.4) is 0 Å². The Morgan fingerprint density at radius 2 is 0.955 bits per heavy atom. The lowest BCUT2D eigenvalue weighted by molar-refractivity contribution is 0.669. The second-order valence-electron chi connectivity index (χ2n) is 11.3. The first-order chi connectivity index (χ1) is 21.8. The first kappa shape index (κ1) is 24.3. The number of fused-ring (bicyclic) bond motifs is 11. The van der Waals surface area contributed by atoms with E-state index in [4.69, 9.17) is 4.42 Å². The fourth-order valence-corrected chi connectivity index (χ4v) is 9.11. The minimum absolute atomic E-state index is 0.898. The predicted molar refractivity (Wildman–Crippen MR) is 192 cm³/mol. The quantitative estimate of drug-likeness (QED) is 0.201. The highest BCUT2D eigenvalue weighted by atomic mass is 32.1. The van der Waals surface area contributed by atoms with E-state index in [0.29, 0.717) is 0 Å². The van der Waals surface area contributed by atoms with Crippen LogP contribution in [0.1, 0.15) is 0 Å². The van der Waals surface area contributed by atoms with Crippen LogP contribution in [-0.4, -0.2) is 0 Å². The molecule has 0 bridgehead atoms. The molecule has 4 heteroatoms. The van der Waals surface area contributed by atoms with Crippen LogP contribution in [0.2, 0.25) is 0 Å². The summed E-state index contributed by atoms with van der Waals surface area (Å²) in [5, 5.41) is 9.89. The average Bonchev–Trinajstić information content (AvgIpc) is 3.75. The zero-order valence-electron chi connectivity index (χ0n) is 23.5. The number of anilines is 3. The van der Waals surface area contributed by atoms with Gasteiger partial charge >= 0.3 is 0 Å². The van der Waals surface area contributed by atoms with E-state index in [1.54, 1.807) is 0 Å². The van der Waals surface area contributed by atoms with Gasteiger partial charge in [-0.25, -0.2) is 0 Å². The van der Waals surface area contributed by atoms with Crippen molar-refractivity contribution in [3.8, 4) is 0 Å². The number of hydrogen-bond acceptors (Lipinski definition) is 4. The molecule has 0 aliphatic carbocycles. The molecule has 10 rings (SSSR count). The molecule has 44 heavy (non-hydrogen) atoms. The van der Waals surface area contributed by atoms with Crippen LogP contribution in [0.4, 0.5) is 17.1 Å². The minimum Gasteiger partial charge on any atom is -0.456 e. The van der Waals surface area contributed by atoms with Gasteiger partial charge in [0, 0.05) is 73.9 Å². The van der Waals surface area contributed by atoms with Gasteiger partial charge in [-0.1, -0.05) is 84.9 Å². The average molecular weight is 598 g/mol. The fraction of sp³-hybridized carbons (Fsp3) is 0. The summed E-state index contributed by atoms with van der Waals surface area (Å²) in [6, 6.07) is 50.6. The van der Waals surface area contributed by atoms with Crippen molar-refractivity contribution >= 4 is 113 Å². The molecule has 0 saturated heterocycles. The molecule has 10 aromatic rings. The number of nitrogens with zero attached hydrogens (tertiary/aromatic N) is 1. The normalized spacial score (nSPS) is 12.1. The highest BCUT2D eigenvalue weighted by Gasteiger charge is 2.21. The van der Waals surface area contributed by atoms with Crippen LogP contribution in [-0.2, 0) is 0 Å². The Morgan fingerprint density at radius 1 is 0.386 bits per heavy atom. The summed E-state index contributed by atoms with van der Waals surface area (Å²) in [5.41, 5.74) is 5.17. The molecule has 0 amide bonds. The Kier molecular flexibility index (Phi) is 5.06. The maximum atomic E-state index is 6.53. The summed E-state index contributed by atoms with van der Waals surface area (Å²) in [4.78, 5) is 2.42. The molecular weight excluding hydrogens is 575 g/mol. The lowest BCUT2D eigenvalue weighted by Gasteiger charge is -2.27. The largest absolute Gasteiger partial charge is 0.456 e. The summed E-state index contributed by atoms with van der Waals surface area (Å²) in [6.45, 7) is 0. The first-order valence-electron chi connectivity index (χ1n) is 14.8. The number of hydrogen-bond donors (Lipinski definition) is 0. The number of rotatable bonds is 3. The lowest BCUT2D eigenvalue weighted by atomic mass is 10.0. The highest BCUT2D eigenvalue weighted by molar-refractivity contribution is 7.26. The zero-order chi connectivity index (χ0) is 28.8. The van der Waals surface area contributed by atoms with Crippen molar-refractivity contribution in [3.05, 3.63) is 140 Å². The van der Waals surface area contributed by atoms with Crippen molar-refractivity contribution < 1.29 is 4.42 Å². The maximum absolute atomic E-state index is 6.53. The summed E-state index contributed by atoms with van der Waals surface area (Å²) >= 11 is 3.71. The molecular formula is C40H23NOS2. The van der Waals surface area contributed by atoms with Gasteiger partial charge < -0.3 is 9.32 Å². The molecule has 0 atom stereocenters. The van der Waals surface area contributed by atoms with Crippen molar-refractivity contribution in [2.24, 2.45) is 0 Å². The molecule has 0 N–H and O–H groups in total. The summed E-state index contributed by atoms with van der Waals surface area (Å²) in [7, 11) is 0. The Balaban J connectivity index is 1.30. The van der Waals surface area contributed by atoms with Gasteiger partial charge in [0.1, 0.15) is 11.2 Å². The van der Waals surface area contributed by atoms with Gasteiger partial charge in [-0.2, -0.15) is 0 Å². The highest BCUT2D eigenvalue weighted by Crippen LogP contribution is 2.47. The maximum Gasteiger partial charge on any atom is 0.138 e. The monoisotopic (exact) mass is 597 g/mol. The van der Waals surface area contributed by atoms with E-state index in [2.05, 4.69) is 138 Å². The molecule has 0 fully saturated rings. The molecule has 0 aliphatic rings. The third kappa shape index (κ3) is 3.47. The Hall–Kier alpha value is -5.16. The van der Waals surface area contributed by atoms with Gasteiger partial charge in [0.05, 0.1) is 5.69 Å². The lowest BCUT2D eigenvalue weighted by Crippen LogP contribution is -2.10. The van der Waals surface area contributed by atoms with Crippen LogP contribution in [0.5, 0.6) is 0 Å². The smallest absolute Gasteiger partial charge is 0.138 e. The topological polar surface area (TPSA) is 16.4 Å². The molecule has 0 unspecified atom stereocenters. The van der Waals surface area contributed by atoms with E-state index in [-0.39, 0.29) is 0 Å². The molecule has 3 aromatic heterocycles. The van der Waals surface area contributed by atoms with Crippen LogP contribution in [0.25, 0.3) is 73.1 Å². The van der Waals surface area contributed by atoms with Gasteiger partial charge in [0.25, 0.3) is 0 Å². The van der Waals surface area contributed by atoms with Crippen LogP contribution < -0.4 is 4.90 Å². The second kappa shape index (κ2) is 9.17. The van der Waals surface area contributed by atoms with E-state index in [1.165, 1.54) is 56.5 Å². The predicted octanol–water partition coefficient (Wildman–Crippen LogP) is 12.9. The van der Waals surface area contributed by atoms with Crippen molar-refractivity contribution in [2.45, 2.75) is 0 Å². The standard InChI is InChI=1S/C40H23NOS2/c1-2-12-30-26(9-1)33(23-35-40(30)31-13-3-6-14-34(31)42-35)41(24-18-20-38-32(21-24)28-11-5-8-16-37(28)43-38)25-17-19-29-27-10-4-7-15-36(27)44-39(29)22-25/h1-23H. The van der Waals surface area contributed by atoms with E-state index >= 15 is 0 Å².